The van der Waals surface area contributed by atoms with Crippen LogP contribution in [0.1, 0.15) is 29.6 Å². The van der Waals surface area contributed by atoms with Crippen LogP contribution in [0.5, 0.6) is 0 Å². The Morgan fingerprint density at radius 2 is 1.88 bits per heavy atom. The van der Waals surface area contributed by atoms with Crippen LogP contribution >= 0.6 is 0 Å². The van der Waals surface area contributed by atoms with Gasteiger partial charge in [-0.1, -0.05) is 0 Å². The maximum atomic E-state index is 12.7. The lowest BCUT2D eigenvalue weighted by molar-refractivity contribution is -0.0436. The highest BCUT2D eigenvalue weighted by Crippen LogP contribution is 2.35. The summed E-state index contributed by atoms with van der Waals surface area (Å²) in [6.45, 7) is 0.344. The second kappa shape index (κ2) is 8.41. The number of nitriles is 1. The van der Waals surface area contributed by atoms with E-state index in [1.807, 2.05) is 0 Å². The zero-order chi connectivity index (χ0) is 23.7. The van der Waals surface area contributed by atoms with Gasteiger partial charge in [-0.05, 0) is 50.2 Å². The number of alkyl halides is 3. The van der Waals surface area contributed by atoms with Crippen molar-refractivity contribution in [2.45, 2.75) is 35.2 Å². The number of halogens is 3. The largest absolute Gasteiger partial charge is 0.785 e. The number of carbonyl (C=O) groups is 1. The summed E-state index contributed by atoms with van der Waals surface area (Å²) in [5, 5.41) is 28.7. The number of hydrogen-bond acceptors (Lipinski definition) is 8. The highest BCUT2D eigenvalue weighted by Gasteiger charge is 2.46. The number of carbonyl (C=O) groups excluding carboxylic acids is 1. The minimum atomic E-state index is -5.50. The van der Waals surface area contributed by atoms with Gasteiger partial charge in [0, 0.05) is 11.9 Å². The van der Waals surface area contributed by atoms with Crippen molar-refractivity contribution in [1.29, 1.82) is 5.26 Å². The van der Waals surface area contributed by atoms with E-state index in [2.05, 4.69) is 16.5 Å². The summed E-state index contributed by atoms with van der Waals surface area (Å²) in [6.07, 6.45) is 2.01. The Labute approximate surface area is 180 Å². The number of rotatable bonds is 6. The van der Waals surface area contributed by atoms with E-state index >= 15 is 0 Å². The molecule has 1 fully saturated rings. The highest BCUT2D eigenvalue weighted by molar-refractivity contribution is 7.92. The van der Waals surface area contributed by atoms with Crippen molar-refractivity contribution in [3.8, 4) is 6.07 Å². The van der Waals surface area contributed by atoms with Crippen LogP contribution in [-0.2, 0) is 15.4 Å². The number of nitrogens with two attached hydrogens (primary N) is 1. The van der Waals surface area contributed by atoms with Gasteiger partial charge in [0.1, 0.15) is 5.56 Å². The monoisotopic (exact) mass is 471 g/mol. The van der Waals surface area contributed by atoms with Gasteiger partial charge in [0.15, 0.2) is 5.82 Å². The van der Waals surface area contributed by atoms with Gasteiger partial charge in [0.2, 0.25) is 0 Å². The molecule has 1 amide bonds. The first kappa shape index (κ1) is 23.5. The number of aromatic nitrogens is 2. The lowest BCUT2D eigenvalue weighted by Gasteiger charge is -2.43. The molecule has 3 rings (SSSR count). The Hall–Kier alpha value is -3.15. The first-order chi connectivity index (χ1) is 14.9. The summed E-state index contributed by atoms with van der Waals surface area (Å²) in [7, 11) is -5.50. The molecule has 0 radical (unpaired) electrons. The molecule has 1 aliphatic heterocycles. The molecule has 32 heavy (non-hydrogen) atoms. The zero-order valence-corrected chi connectivity index (χ0v) is 17.3. The fourth-order valence-corrected chi connectivity index (χ4v) is 4.18. The van der Waals surface area contributed by atoms with Crippen molar-refractivity contribution >= 4 is 27.2 Å². The molecule has 0 unspecified atom stereocenters. The minimum absolute atomic E-state index is 0.0224. The van der Waals surface area contributed by atoms with E-state index in [1.54, 1.807) is 0 Å². The lowest BCUT2D eigenvalue weighted by Crippen LogP contribution is -2.44. The SMILES string of the molecule is N#CCC1(n2cc(C(N)=O)c(Nc3ccc(S(=O)(=O)C(F)(F)F)cc3)n2)CCN([O-])CC1. The van der Waals surface area contributed by atoms with E-state index in [0.717, 1.165) is 29.3 Å². The predicted octanol–water partition coefficient (Wildman–Crippen LogP) is 2.22. The standard InChI is InChI=1S/C18H18F3N6O4S/c19-18(20,21)32(30,31)13-3-1-12(2-4-13)24-16-14(15(23)28)11-27(25-16)17(5-8-22)6-9-26(29)10-7-17/h1-4,11H,5-7,9-10H2,(H2,23,28)(H,24,25)/q-1. The van der Waals surface area contributed by atoms with E-state index < -0.39 is 31.7 Å². The molecule has 1 saturated heterocycles. The zero-order valence-electron chi connectivity index (χ0n) is 16.5. The third kappa shape index (κ3) is 4.40. The maximum absolute atomic E-state index is 12.7. The van der Waals surface area contributed by atoms with Crippen molar-refractivity contribution in [2.24, 2.45) is 5.73 Å². The van der Waals surface area contributed by atoms with E-state index in [-0.39, 0.29) is 36.6 Å². The smallest absolute Gasteiger partial charge is 0.501 e. The third-order valence-electron chi connectivity index (χ3n) is 5.26. The number of nitrogens with zero attached hydrogens (tertiary/aromatic N) is 4. The molecule has 0 aliphatic carbocycles. The van der Waals surface area contributed by atoms with Crippen molar-refractivity contribution in [2.75, 3.05) is 18.4 Å². The summed E-state index contributed by atoms with van der Waals surface area (Å²) in [4.78, 5) is 11.0. The fourth-order valence-electron chi connectivity index (χ4n) is 3.41. The second-order valence-corrected chi connectivity index (χ2v) is 9.23. The topological polar surface area (TPSA) is 157 Å². The molecule has 2 aromatic rings. The number of primary amides is 1. The van der Waals surface area contributed by atoms with Crippen LogP contribution in [0, 0.1) is 16.5 Å². The summed E-state index contributed by atoms with van der Waals surface area (Å²) < 4.78 is 62.5. The molecule has 1 aliphatic rings. The molecule has 1 aromatic heterocycles. The highest BCUT2D eigenvalue weighted by atomic mass is 32.2. The molecular formula is C18H18F3N6O4S-. The molecule has 0 saturated carbocycles. The quantitative estimate of drug-likeness (QED) is 0.649. The van der Waals surface area contributed by atoms with Crippen LogP contribution in [0.15, 0.2) is 35.4 Å². The average molecular weight is 471 g/mol. The average Bonchev–Trinajstić information content (AvgIpc) is 3.14. The summed E-state index contributed by atoms with van der Waals surface area (Å²) >= 11 is 0. The van der Waals surface area contributed by atoms with Crippen molar-refractivity contribution in [3.63, 3.8) is 0 Å². The van der Waals surface area contributed by atoms with Crippen molar-refractivity contribution in [3.05, 3.63) is 41.2 Å². The lowest BCUT2D eigenvalue weighted by atomic mass is 9.85. The van der Waals surface area contributed by atoms with Gasteiger partial charge < -0.3 is 21.3 Å². The number of sulfone groups is 1. The molecule has 0 atom stereocenters. The van der Waals surface area contributed by atoms with Gasteiger partial charge in [0.05, 0.1) is 22.9 Å². The molecule has 14 heteroatoms. The molecular weight excluding hydrogens is 453 g/mol. The van der Waals surface area contributed by atoms with Crippen LogP contribution in [0.3, 0.4) is 0 Å². The maximum Gasteiger partial charge on any atom is 0.501 e. The number of hydroxylamine groups is 2. The van der Waals surface area contributed by atoms with Gasteiger partial charge in [-0.2, -0.15) is 23.5 Å². The van der Waals surface area contributed by atoms with Gasteiger partial charge in [-0.3, -0.25) is 9.48 Å². The van der Waals surface area contributed by atoms with Crippen LogP contribution in [-0.4, -0.2) is 47.8 Å². The Morgan fingerprint density at radius 1 is 1.28 bits per heavy atom. The van der Waals surface area contributed by atoms with Gasteiger partial charge in [0.25, 0.3) is 15.7 Å². The van der Waals surface area contributed by atoms with E-state index in [1.165, 1.54) is 10.9 Å². The molecule has 10 nitrogen and oxygen atoms in total. The molecule has 2 heterocycles. The second-order valence-electron chi connectivity index (χ2n) is 7.29. The molecule has 3 N–H and O–H groups in total. The van der Waals surface area contributed by atoms with E-state index in [0.29, 0.717) is 12.8 Å². The Balaban J connectivity index is 1.93. The first-order valence-corrected chi connectivity index (χ1v) is 10.8. The summed E-state index contributed by atoms with van der Waals surface area (Å²) in [5.41, 5.74) is -0.733. The molecule has 0 spiro atoms. The van der Waals surface area contributed by atoms with Crippen LogP contribution < -0.4 is 11.1 Å². The minimum Gasteiger partial charge on any atom is -0.785 e. The number of hydrogen-bond donors (Lipinski definition) is 2. The number of piperidine rings is 1. The van der Waals surface area contributed by atoms with Crippen molar-refractivity contribution in [1.82, 2.24) is 14.8 Å². The number of anilines is 2. The van der Waals surface area contributed by atoms with Crippen LogP contribution in [0.2, 0.25) is 0 Å². The van der Waals surface area contributed by atoms with Gasteiger partial charge in [-0.25, -0.2) is 8.42 Å². The molecule has 0 bridgehead atoms. The van der Waals surface area contributed by atoms with E-state index in [9.17, 15) is 36.9 Å². The van der Waals surface area contributed by atoms with E-state index in [4.69, 9.17) is 5.73 Å². The van der Waals surface area contributed by atoms with Gasteiger partial charge >= 0.3 is 5.51 Å². The Kier molecular flexibility index (Phi) is 6.18. The normalized spacial score (nSPS) is 17.0. The van der Waals surface area contributed by atoms with Gasteiger partial charge in [-0.15, -0.1) is 0 Å². The number of nitrogens with one attached hydrogen (secondary N) is 1. The number of amides is 1. The van der Waals surface area contributed by atoms with Crippen molar-refractivity contribution < 1.29 is 26.4 Å². The summed E-state index contributed by atoms with van der Waals surface area (Å²) in [6, 6.07) is 5.78. The third-order valence-corrected chi connectivity index (χ3v) is 6.76. The predicted molar refractivity (Wildman–Crippen MR) is 106 cm³/mol. The number of benzene rings is 1. The molecule has 1 aromatic carbocycles. The van der Waals surface area contributed by atoms with Crippen LogP contribution in [0.25, 0.3) is 0 Å². The summed E-state index contributed by atoms with van der Waals surface area (Å²) in [5.74, 6) is -0.866. The Morgan fingerprint density at radius 3 is 2.38 bits per heavy atom. The Bertz CT molecular complexity index is 1150. The first-order valence-electron chi connectivity index (χ1n) is 9.27. The molecule has 172 valence electrons. The fraction of sp³-hybridized carbons (Fsp3) is 0.389. The van der Waals surface area contributed by atoms with Crippen LogP contribution in [0.4, 0.5) is 24.7 Å².